The molecule has 0 spiro atoms. The SMILES string of the molecule is [C-]#[N+]C(C#N)C=C. The summed E-state index contributed by atoms with van der Waals surface area (Å²) in [6, 6.07) is 1.08. The molecular formula is C5H4N2. The molecule has 0 saturated carbocycles. The van der Waals surface area contributed by atoms with E-state index in [0.717, 1.165) is 0 Å². The molecule has 0 amide bonds. The van der Waals surface area contributed by atoms with Crippen LogP contribution >= 0.6 is 0 Å². The number of nitrogens with zero attached hydrogens (tertiary/aromatic N) is 2. The van der Waals surface area contributed by atoms with Crippen LogP contribution in [0.1, 0.15) is 0 Å². The third-order valence-electron chi connectivity index (χ3n) is 0.495. The fraction of sp³-hybridized carbons (Fsp3) is 0.200. The van der Waals surface area contributed by atoms with Crippen LogP contribution < -0.4 is 0 Å². The van der Waals surface area contributed by atoms with Gasteiger partial charge in [0, 0.05) is 6.08 Å². The summed E-state index contributed by atoms with van der Waals surface area (Å²) in [5.41, 5.74) is 0. The van der Waals surface area contributed by atoms with E-state index in [9.17, 15) is 0 Å². The van der Waals surface area contributed by atoms with Gasteiger partial charge in [-0.05, 0) is 0 Å². The number of rotatable bonds is 1. The Morgan fingerprint density at radius 2 is 2.57 bits per heavy atom. The van der Waals surface area contributed by atoms with Crippen molar-refractivity contribution in [2.24, 2.45) is 0 Å². The normalized spacial score (nSPS) is 10.6. The molecule has 2 nitrogen and oxygen atoms in total. The zero-order valence-corrected chi connectivity index (χ0v) is 3.76. The van der Waals surface area contributed by atoms with Crippen molar-refractivity contribution in [1.29, 1.82) is 5.26 Å². The smallest absolute Gasteiger partial charge is 0.293 e. The van der Waals surface area contributed by atoms with Crippen LogP contribution in [0.4, 0.5) is 0 Å². The lowest BCUT2D eigenvalue weighted by Gasteiger charge is -1.75. The Hall–Kier alpha value is -1.28. The fourth-order valence-electron chi connectivity index (χ4n) is 0.134. The van der Waals surface area contributed by atoms with Gasteiger partial charge in [-0.15, -0.1) is 0 Å². The van der Waals surface area contributed by atoms with Gasteiger partial charge in [-0.2, -0.15) is 5.26 Å². The molecule has 0 aromatic rings. The van der Waals surface area contributed by atoms with Crippen molar-refractivity contribution >= 4 is 0 Å². The van der Waals surface area contributed by atoms with Gasteiger partial charge in [-0.25, -0.2) is 6.57 Å². The van der Waals surface area contributed by atoms with E-state index in [1.165, 1.54) is 6.08 Å². The van der Waals surface area contributed by atoms with Crippen LogP contribution in [0.5, 0.6) is 0 Å². The van der Waals surface area contributed by atoms with Gasteiger partial charge in [-0.3, -0.25) is 4.85 Å². The third-order valence-corrected chi connectivity index (χ3v) is 0.495. The van der Waals surface area contributed by atoms with Gasteiger partial charge in [0.1, 0.15) is 0 Å². The monoisotopic (exact) mass is 92.0 g/mol. The van der Waals surface area contributed by atoms with Crippen LogP contribution in [-0.2, 0) is 0 Å². The van der Waals surface area contributed by atoms with Crippen molar-refractivity contribution in [2.45, 2.75) is 6.04 Å². The molecule has 0 aromatic heterocycles. The molecule has 34 valence electrons. The minimum absolute atomic E-state index is 0.653. The molecular weight excluding hydrogens is 88.1 g/mol. The van der Waals surface area contributed by atoms with Crippen molar-refractivity contribution in [3.63, 3.8) is 0 Å². The molecule has 0 saturated heterocycles. The summed E-state index contributed by atoms with van der Waals surface area (Å²) in [5.74, 6) is 0. The topological polar surface area (TPSA) is 28.1 Å². The molecule has 0 aliphatic carbocycles. The Labute approximate surface area is 42.5 Å². The Morgan fingerprint density at radius 3 is 2.57 bits per heavy atom. The maximum absolute atomic E-state index is 7.99. The van der Waals surface area contributed by atoms with Crippen LogP contribution in [0.15, 0.2) is 12.7 Å². The summed E-state index contributed by atoms with van der Waals surface area (Å²) in [7, 11) is 0. The third kappa shape index (κ3) is 1.57. The van der Waals surface area contributed by atoms with Crippen molar-refractivity contribution in [2.75, 3.05) is 0 Å². The van der Waals surface area contributed by atoms with Crippen LogP contribution in [0.2, 0.25) is 0 Å². The number of nitriles is 1. The van der Waals surface area contributed by atoms with Gasteiger partial charge >= 0.3 is 6.04 Å². The first-order chi connectivity index (χ1) is 3.35. The maximum Gasteiger partial charge on any atom is 0.325 e. The Bertz CT molecular complexity index is 121. The quantitative estimate of drug-likeness (QED) is 0.350. The molecule has 2 heteroatoms. The largest absolute Gasteiger partial charge is 0.325 e. The predicted octanol–water partition coefficient (Wildman–Crippen LogP) is 0.984. The van der Waals surface area contributed by atoms with Gasteiger partial charge in [0.2, 0.25) is 0 Å². The molecule has 0 fully saturated rings. The second-order valence-corrected chi connectivity index (χ2v) is 0.939. The lowest BCUT2D eigenvalue weighted by Crippen LogP contribution is -1.86. The summed E-state index contributed by atoms with van der Waals surface area (Å²) < 4.78 is 0. The highest BCUT2D eigenvalue weighted by Crippen LogP contribution is 1.85. The van der Waals surface area contributed by atoms with Crippen LogP contribution in [0, 0.1) is 17.9 Å². The van der Waals surface area contributed by atoms with E-state index in [1.807, 2.05) is 0 Å². The van der Waals surface area contributed by atoms with Gasteiger partial charge in [-0.1, -0.05) is 6.58 Å². The highest BCUT2D eigenvalue weighted by atomic mass is 14.7. The van der Waals surface area contributed by atoms with E-state index < -0.39 is 6.04 Å². The van der Waals surface area contributed by atoms with Crippen molar-refractivity contribution in [3.05, 3.63) is 24.1 Å². The molecule has 0 N–H and O–H groups in total. The van der Waals surface area contributed by atoms with E-state index in [1.54, 1.807) is 6.07 Å². The van der Waals surface area contributed by atoms with Crippen LogP contribution in [-0.4, -0.2) is 6.04 Å². The summed E-state index contributed by atoms with van der Waals surface area (Å²) in [6.45, 7) is 9.56. The minimum Gasteiger partial charge on any atom is -0.293 e. The Morgan fingerprint density at radius 1 is 2.00 bits per heavy atom. The van der Waals surface area contributed by atoms with Crippen molar-refractivity contribution in [3.8, 4) is 6.07 Å². The minimum atomic E-state index is -0.653. The molecule has 0 aliphatic rings. The van der Waals surface area contributed by atoms with Gasteiger partial charge in [0.05, 0.1) is 0 Å². The average molecular weight is 92.1 g/mol. The molecule has 0 rings (SSSR count). The summed E-state index contributed by atoms with van der Waals surface area (Å²) in [6.07, 6.45) is 1.31. The van der Waals surface area contributed by atoms with E-state index >= 15 is 0 Å². The fourth-order valence-corrected chi connectivity index (χ4v) is 0.134. The zero-order valence-electron chi connectivity index (χ0n) is 3.76. The van der Waals surface area contributed by atoms with Gasteiger partial charge < -0.3 is 0 Å². The molecule has 7 heavy (non-hydrogen) atoms. The van der Waals surface area contributed by atoms with Gasteiger partial charge in [0.15, 0.2) is 6.07 Å². The van der Waals surface area contributed by atoms with E-state index in [4.69, 9.17) is 11.8 Å². The van der Waals surface area contributed by atoms with E-state index in [2.05, 4.69) is 11.4 Å². The highest BCUT2D eigenvalue weighted by Gasteiger charge is 1.98. The first-order valence-electron chi connectivity index (χ1n) is 1.74. The van der Waals surface area contributed by atoms with Crippen LogP contribution in [0.25, 0.3) is 4.85 Å². The maximum atomic E-state index is 7.99. The molecule has 0 radical (unpaired) electrons. The summed E-state index contributed by atoms with van der Waals surface area (Å²) >= 11 is 0. The first-order valence-corrected chi connectivity index (χ1v) is 1.74. The summed E-state index contributed by atoms with van der Waals surface area (Å²) in [4.78, 5) is 2.90. The predicted molar refractivity (Wildman–Crippen MR) is 26.2 cm³/mol. The van der Waals surface area contributed by atoms with Gasteiger partial charge in [0.25, 0.3) is 0 Å². The highest BCUT2D eigenvalue weighted by molar-refractivity contribution is 5.09. The van der Waals surface area contributed by atoms with Crippen molar-refractivity contribution < 1.29 is 0 Å². The lowest BCUT2D eigenvalue weighted by atomic mass is 10.4. The van der Waals surface area contributed by atoms with Crippen molar-refractivity contribution in [1.82, 2.24) is 0 Å². The molecule has 0 bridgehead atoms. The Balaban J connectivity index is 3.73. The summed E-state index contributed by atoms with van der Waals surface area (Å²) in [5, 5.41) is 7.99. The molecule has 1 atom stereocenters. The number of hydrogen-bond donors (Lipinski definition) is 0. The van der Waals surface area contributed by atoms with Crippen LogP contribution in [0.3, 0.4) is 0 Å². The second-order valence-electron chi connectivity index (χ2n) is 0.939. The first kappa shape index (κ1) is 5.72. The van der Waals surface area contributed by atoms with E-state index in [-0.39, 0.29) is 0 Å². The Kier molecular flexibility index (Phi) is 2.40. The lowest BCUT2D eigenvalue weighted by molar-refractivity contribution is 1.23. The molecule has 0 heterocycles. The molecule has 1 unspecified atom stereocenters. The zero-order chi connectivity index (χ0) is 5.70. The average Bonchev–Trinajstić information content (AvgIpc) is 1.72. The standard InChI is InChI=1S/C5H4N2/c1-3-5(4-6)7-2/h3,5H,1H2. The second kappa shape index (κ2) is 2.93. The molecule has 0 aliphatic heterocycles. The van der Waals surface area contributed by atoms with E-state index in [0.29, 0.717) is 0 Å². The number of hydrogen-bond acceptors (Lipinski definition) is 1. The molecule has 0 aromatic carbocycles.